The van der Waals surface area contributed by atoms with E-state index in [4.69, 9.17) is 10.00 Å². The normalized spacial score (nSPS) is 11.2. The Balaban J connectivity index is 2.09. The van der Waals surface area contributed by atoms with Gasteiger partial charge in [-0.15, -0.1) is 0 Å². The zero-order valence-electron chi connectivity index (χ0n) is 12.5. The van der Waals surface area contributed by atoms with E-state index in [1.165, 1.54) is 19.1 Å². The van der Waals surface area contributed by atoms with Gasteiger partial charge in [-0.05, 0) is 31.2 Å². The van der Waals surface area contributed by atoms with Crippen LogP contribution in [0.5, 0.6) is 0 Å². The number of carbonyl (C=O) groups excluding carboxylic acids is 2. The van der Waals surface area contributed by atoms with Crippen LogP contribution < -0.4 is 5.32 Å². The van der Waals surface area contributed by atoms with E-state index in [2.05, 4.69) is 5.32 Å². The van der Waals surface area contributed by atoms with Crippen LogP contribution in [0.25, 0.3) is 0 Å². The van der Waals surface area contributed by atoms with Gasteiger partial charge in [-0.1, -0.05) is 18.2 Å². The average Bonchev–Trinajstić information content (AvgIpc) is 2.55. The number of halogens is 2. The second-order valence-corrected chi connectivity index (χ2v) is 4.79. The zero-order valence-corrected chi connectivity index (χ0v) is 12.5. The van der Waals surface area contributed by atoms with Crippen molar-refractivity contribution in [2.45, 2.75) is 13.0 Å². The molecule has 0 aromatic heterocycles. The molecule has 0 aliphatic heterocycles. The fourth-order valence-corrected chi connectivity index (χ4v) is 1.89. The van der Waals surface area contributed by atoms with E-state index in [0.717, 1.165) is 18.2 Å². The average molecular weight is 330 g/mol. The van der Waals surface area contributed by atoms with Crippen molar-refractivity contribution in [2.75, 3.05) is 5.32 Å². The highest BCUT2D eigenvalue weighted by Gasteiger charge is 2.24. The van der Waals surface area contributed by atoms with E-state index in [1.807, 2.05) is 6.07 Å². The Morgan fingerprint density at radius 1 is 1.12 bits per heavy atom. The highest BCUT2D eigenvalue weighted by Crippen LogP contribution is 2.16. The van der Waals surface area contributed by atoms with Gasteiger partial charge in [-0.25, -0.2) is 13.6 Å². The third-order valence-corrected chi connectivity index (χ3v) is 3.13. The smallest absolute Gasteiger partial charge is 0.344 e. The number of nitriles is 1. The summed E-state index contributed by atoms with van der Waals surface area (Å²) >= 11 is 0. The Kier molecular flexibility index (Phi) is 5.22. The molecule has 0 unspecified atom stereocenters. The summed E-state index contributed by atoms with van der Waals surface area (Å²) < 4.78 is 31.8. The third kappa shape index (κ3) is 3.73. The largest absolute Gasteiger partial charge is 0.449 e. The maximum absolute atomic E-state index is 13.5. The minimum Gasteiger partial charge on any atom is -0.449 e. The lowest BCUT2D eigenvalue weighted by Crippen LogP contribution is -2.30. The molecule has 2 aromatic carbocycles. The summed E-state index contributed by atoms with van der Waals surface area (Å²) in [5.74, 6) is -4.19. The van der Waals surface area contributed by atoms with Gasteiger partial charge in [0.05, 0.1) is 11.3 Å². The number of carbonyl (C=O) groups is 2. The van der Waals surface area contributed by atoms with Gasteiger partial charge in [-0.2, -0.15) is 5.26 Å². The molecular formula is C17H12F2N2O3. The molecule has 0 aliphatic carbocycles. The first-order valence-electron chi connectivity index (χ1n) is 6.89. The Labute approximate surface area is 136 Å². The molecule has 2 rings (SSSR count). The van der Waals surface area contributed by atoms with Crippen molar-refractivity contribution in [3.63, 3.8) is 0 Å². The molecule has 5 nitrogen and oxygen atoms in total. The predicted molar refractivity (Wildman–Crippen MR) is 81.0 cm³/mol. The van der Waals surface area contributed by atoms with Crippen LogP contribution in [0, 0.1) is 23.0 Å². The molecular weight excluding hydrogens is 318 g/mol. The number of esters is 1. The van der Waals surface area contributed by atoms with Crippen LogP contribution in [0.2, 0.25) is 0 Å². The van der Waals surface area contributed by atoms with Crippen LogP contribution >= 0.6 is 0 Å². The van der Waals surface area contributed by atoms with Gasteiger partial charge in [0.25, 0.3) is 5.91 Å². The number of amides is 1. The summed E-state index contributed by atoms with van der Waals surface area (Å²) in [6.45, 7) is 1.25. The Morgan fingerprint density at radius 3 is 2.38 bits per heavy atom. The van der Waals surface area contributed by atoms with E-state index in [1.54, 1.807) is 12.1 Å². The molecule has 0 bridgehead atoms. The number of hydrogen-bond acceptors (Lipinski definition) is 4. The van der Waals surface area contributed by atoms with Gasteiger partial charge in [0.2, 0.25) is 0 Å². The quantitative estimate of drug-likeness (QED) is 0.874. The molecule has 122 valence electrons. The number of nitrogens with one attached hydrogen (secondary N) is 1. The summed E-state index contributed by atoms with van der Waals surface area (Å²) in [6.07, 6.45) is -1.32. The van der Waals surface area contributed by atoms with Gasteiger partial charge >= 0.3 is 5.97 Å². The number of para-hydroxylation sites is 1. The standard InChI is InChI=1S/C17H12F2N2O3/c1-10(16(22)21-14-8-3-2-5-11(14)9-20)24-17(23)15-12(18)6-4-7-13(15)19/h2-8,10H,1H3,(H,21,22)/t10-/m1/s1. The molecule has 0 fully saturated rings. The molecule has 7 heteroatoms. The van der Waals surface area contributed by atoms with Crippen molar-refractivity contribution < 1.29 is 23.1 Å². The molecule has 2 aromatic rings. The first-order valence-corrected chi connectivity index (χ1v) is 6.89. The molecule has 0 heterocycles. The van der Waals surface area contributed by atoms with Gasteiger partial charge in [0.15, 0.2) is 6.10 Å². The van der Waals surface area contributed by atoms with Crippen molar-refractivity contribution in [1.29, 1.82) is 5.26 Å². The highest BCUT2D eigenvalue weighted by atomic mass is 19.1. The van der Waals surface area contributed by atoms with Crippen LogP contribution in [0.15, 0.2) is 42.5 Å². The summed E-state index contributed by atoms with van der Waals surface area (Å²) in [4.78, 5) is 23.9. The van der Waals surface area contributed by atoms with Gasteiger partial charge < -0.3 is 10.1 Å². The van der Waals surface area contributed by atoms with E-state index in [0.29, 0.717) is 0 Å². The lowest BCUT2D eigenvalue weighted by Gasteiger charge is -2.14. The molecule has 0 saturated heterocycles. The zero-order chi connectivity index (χ0) is 17.7. The Hall–Kier alpha value is -3.27. The van der Waals surface area contributed by atoms with Crippen LogP contribution in [-0.2, 0) is 9.53 Å². The van der Waals surface area contributed by atoms with Gasteiger partial charge in [-0.3, -0.25) is 4.79 Å². The monoisotopic (exact) mass is 330 g/mol. The minimum absolute atomic E-state index is 0.226. The predicted octanol–water partition coefficient (Wildman–Crippen LogP) is 3.02. The fourth-order valence-electron chi connectivity index (χ4n) is 1.89. The van der Waals surface area contributed by atoms with Gasteiger partial charge in [0, 0.05) is 0 Å². The minimum atomic E-state index is -1.32. The maximum atomic E-state index is 13.5. The SMILES string of the molecule is C[C@@H](OC(=O)c1c(F)cccc1F)C(=O)Nc1ccccc1C#N. The maximum Gasteiger partial charge on any atom is 0.344 e. The van der Waals surface area contributed by atoms with E-state index in [-0.39, 0.29) is 11.3 Å². The van der Waals surface area contributed by atoms with Crippen LogP contribution in [0.1, 0.15) is 22.8 Å². The number of anilines is 1. The second kappa shape index (κ2) is 7.33. The molecule has 1 N–H and O–H groups in total. The molecule has 24 heavy (non-hydrogen) atoms. The summed E-state index contributed by atoms with van der Waals surface area (Å²) in [7, 11) is 0. The van der Waals surface area contributed by atoms with Crippen molar-refractivity contribution in [2.24, 2.45) is 0 Å². The highest BCUT2D eigenvalue weighted by molar-refractivity contribution is 5.98. The summed E-state index contributed by atoms with van der Waals surface area (Å²) in [6, 6.07) is 11.1. The summed E-state index contributed by atoms with van der Waals surface area (Å²) in [5.41, 5.74) is -0.399. The Bertz CT molecular complexity index is 811. The molecule has 0 spiro atoms. The van der Waals surface area contributed by atoms with Crippen molar-refractivity contribution in [3.05, 3.63) is 65.2 Å². The van der Waals surface area contributed by atoms with Crippen LogP contribution in [-0.4, -0.2) is 18.0 Å². The number of ether oxygens (including phenoxy) is 1. The first-order chi connectivity index (χ1) is 11.4. The number of rotatable bonds is 4. The summed E-state index contributed by atoms with van der Waals surface area (Å²) in [5, 5.41) is 11.4. The molecule has 0 radical (unpaired) electrons. The van der Waals surface area contributed by atoms with Crippen LogP contribution in [0.4, 0.5) is 14.5 Å². The molecule has 1 atom stereocenters. The second-order valence-electron chi connectivity index (χ2n) is 4.79. The molecule has 0 saturated carbocycles. The van der Waals surface area contributed by atoms with E-state index in [9.17, 15) is 18.4 Å². The number of nitrogens with zero attached hydrogens (tertiary/aromatic N) is 1. The van der Waals surface area contributed by atoms with Crippen molar-refractivity contribution in [1.82, 2.24) is 0 Å². The van der Waals surface area contributed by atoms with Crippen LogP contribution in [0.3, 0.4) is 0 Å². The molecule has 1 amide bonds. The van der Waals surface area contributed by atoms with Gasteiger partial charge in [0.1, 0.15) is 23.3 Å². The van der Waals surface area contributed by atoms with Crippen molar-refractivity contribution >= 4 is 17.6 Å². The Morgan fingerprint density at radius 2 is 1.75 bits per heavy atom. The third-order valence-electron chi connectivity index (χ3n) is 3.13. The van der Waals surface area contributed by atoms with Crippen molar-refractivity contribution in [3.8, 4) is 6.07 Å². The number of hydrogen-bond donors (Lipinski definition) is 1. The first kappa shape index (κ1) is 17.1. The lowest BCUT2D eigenvalue weighted by molar-refractivity contribution is -0.123. The van der Waals surface area contributed by atoms with E-state index >= 15 is 0 Å². The topological polar surface area (TPSA) is 79.2 Å². The number of benzene rings is 2. The lowest BCUT2D eigenvalue weighted by atomic mass is 10.2. The molecule has 0 aliphatic rings. The van der Waals surface area contributed by atoms with E-state index < -0.39 is 35.2 Å². The fraction of sp³-hybridized carbons (Fsp3) is 0.118.